The monoisotopic (exact) mass is 319 g/mol. The zero-order valence-corrected chi connectivity index (χ0v) is 12.9. The summed E-state index contributed by atoms with van der Waals surface area (Å²) < 4.78 is 11.2. The van der Waals surface area contributed by atoms with Crippen molar-refractivity contribution in [3.05, 3.63) is 18.6 Å². The molecule has 1 unspecified atom stereocenters. The van der Waals surface area contributed by atoms with Crippen molar-refractivity contribution in [1.29, 1.82) is 0 Å². The van der Waals surface area contributed by atoms with Gasteiger partial charge in [-0.15, -0.1) is 0 Å². The molecular weight excluding hydrogens is 302 g/mol. The lowest BCUT2D eigenvalue weighted by Gasteiger charge is -2.21. The van der Waals surface area contributed by atoms with Gasteiger partial charge in [-0.05, 0) is 12.8 Å². The lowest BCUT2D eigenvalue weighted by Crippen LogP contribution is -2.28. The lowest BCUT2D eigenvalue weighted by atomic mass is 9.87. The molecule has 0 amide bonds. The Balaban J connectivity index is 1.43. The van der Waals surface area contributed by atoms with E-state index in [1.165, 1.54) is 11.3 Å². The summed E-state index contributed by atoms with van der Waals surface area (Å²) in [5.74, 6) is 1.34. The Morgan fingerprint density at radius 3 is 2.77 bits per heavy atom. The van der Waals surface area contributed by atoms with Gasteiger partial charge in [0.05, 0.1) is 25.2 Å². The molecule has 0 radical (unpaired) electrons. The smallest absolute Gasteiger partial charge is 0.225 e. The van der Waals surface area contributed by atoms with E-state index in [0.717, 1.165) is 45.1 Å². The third-order valence-electron chi connectivity index (χ3n) is 4.24. The maximum Gasteiger partial charge on any atom is 0.225 e. The van der Waals surface area contributed by atoms with E-state index < -0.39 is 0 Å². The van der Waals surface area contributed by atoms with E-state index in [-0.39, 0.29) is 0 Å². The number of aromatic nitrogens is 3. The number of hydrogen-bond donors (Lipinski definition) is 1. The normalized spacial score (nSPS) is 24.3. The van der Waals surface area contributed by atoms with Crippen molar-refractivity contribution < 1.29 is 9.47 Å². The van der Waals surface area contributed by atoms with Crippen molar-refractivity contribution in [2.45, 2.75) is 12.8 Å². The number of thiazole rings is 1. The summed E-state index contributed by atoms with van der Waals surface area (Å²) in [5, 5.41) is 1.12. The zero-order chi connectivity index (χ0) is 15.0. The highest BCUT2D eigenvalue weighted by atomic mass is 32.1. The second-order valence-corrected chi connectivity index (χ2v) is 6.84. The molecule has 1 spiro atoms. The van der Waals surface area contributed by atoms with Gasteiger partial charge in [-0.2, -0.15) is 0 Å². The van der Waals surface area contributed by atoms with E-state index >= 15 is 0 Å². The maximum absolute atomic E-state index is 5.62. The number of anilines is 2. The Bertz CT molecular complexity index is 654. The van der Waals surface area contributed by atoms with Gasteiger partial charge in [-0.1, -0.05) is 11.3 Å². The predicted molar refractivity (Wildman–Crippen MR) is 83.3 cm³/mol. The summed E-state index contributed by atoms with van der Waals surface area (Å²) in [6.45, 7) is 3.68. The third-order valence-corrected chi connectivity index (χ3v) is 4.95. The standard InChI is InChI=1S/C14H17N5O2S/c15-12-16-7-11(22-12)21-10-5-17-13(18-6-10)19-3-1-14(8-19)2-4-20-9-14/h5-7H,1-4,8-9H2,(H2,15,16). The molecule has 0 saturated carbocycles. The van der Waals surface area contributed by atoms with Crippen LogP contribution in [0, 0.1) is 5.41 Å². The van der Waals surface area contributed by atoms with Crippen LogP contribution < -0.4 is 15.4 Å². The molecule has 116 valence electrons. The van der Waals surface area contributed by atoms with Crippen molar-refractivity contribution in [2.24, 2.45) is 5.41 Å². The van der Waals surface area contributed by atoms with Crippen molar-refractivity contribution in [3.8, 4) is 10.8 Å². The molecule has 4 heterocycles. The topological polar surface area (TPSA) is 86.4 Å². The van der Waals surface area contributed by atoms with E-state index in [2.05, 4.69) is 19.9 Å². The van der Waals surface area contributed by atoms with Crippen LogP contribution in [0.3, 0.4) is 0 Å². The number of nitrogens with two attached hydrogens (primary N) is 1. The first-order valence-electron chi connectivity index (χ1n) is 7.26. The SMILES string of the molecule is Nc1ncc(Oc2cnc(N3CCC4(CCOC4)C3)nc2)s1. The Morgan fingerprint density at radius 1 is 1.23 bits per heavy atom. The number of nitrogens with zero attached hydrogens (tertiary/aromatic N) is 4. The highest BCUT2D eigenvalue weighted by Crippen LogP contribution is 2.39. The fourth-order valence-electron chi connectivity index (χ4n) is 3.04. The first-order chi connectivity index (χ1) is 10.7. The third kappa shape index (κ3) is 2.59. The molecule has 2 aromatic rings. The van der Waals surface area contributed by atoms with E-state index in [4.69, 9.17) is 15.2 Å². The molecule has 2 aliphatic rings. The molecule has 2 N–H and O–H groups in total. The summed E-state index contributed by atoms with van der Waals surface area (Å²) in [6, 6.07) is 0. The van der Waals surface area contributed by atoms with Crippen molar-refractivity contribution in [3.63, 3.8) is 0 Å². The van der Waals surface area contributed by atoms with Gasteiger partial charge in [0.2, 0.25) is 11.0 Å². The summed E-state index contributed by atoms with van der Waals surface area (Å²) in [6.07, 6.45) is 7.26. The second kappa shape index (κ2) is 5.36. The van der Waals surface area contributed by atoms with Crippen LogP contribution in [0.25, 0.3) is 0 Å². The Labute approximate surface area is 132 Å². The van der Waals surface area contributed by atoms with Gasteiger partial charge >= 0.3 is 0 Å². The van der Waals surface area contributed by atoms with Gasteiger partial charge in [0, 0.05) is 25.1 Å². The second-order valence-electron chi connectivity index (χ2n) is 5.81. The van der Waals surface area contributed by atoms with Gasteiger partial charge in [0.1, 0.15) is 0 Å². The van der Waals surface area contributed by atoms with Crippen LogP contribution in [-0.4, -0.2) is 41.3 Å². The van der Waals surface area contributed by atoms with Crippen LogP contribution in [0.5, 0.6) is 10.8 Å². The van der Waals surface area contributed by atoms with Crippen LogP contribution in [-0.2, 0) is 4.74 Å². The van der Waals surface area contributed by atoms with E-state index in [1.807, 2.05) is 0 Å². The molecule has 7 nitrogen and oxygen atoms in total. The molecule has 1 atom stereocenters. The van der Waals surface area contributed by atoms with Gasteiger partial charge in [-0.25, -0.2) is 15.0 Å². The Morgan fingerprint density at radius 2 is 2.09 bits per heavy atom. The number of rotatable bonds is 3. The van der Waals surface area contributed by atoms with Gasteiger partial charge < -0.3 is 20.1 Å². The van der Waals surface area contributed by atoms with E-state index in [9.17, 15) is 0 Å². The van der Waals surface area contributed by atoms with E-state index in [1.54, 1.807) is 18.6 Å². The number of ether oxygens (including phenoxy) is 2. The average molecular weight is 319 g/mol. The Kier molecular flexibility index (Phi) is 3.34. The molecule has 0 bridgehead atoms. The maximum atomic E-state index is 5.62. The summed E-state index contributed by atoms with van der Waals surface area (Å²) in [5.41, 5.74) is 5.88. The van der Waals surface area contributed by atoms with Crippen molar-refractivity contribution >= 4 is 22.4 Å². The van der Waals surface area contributed by atoms with Gasteiger partial charge in [0.15, 0.2) is 10.9 Å². The van der Waals surface area contributed by atoms with Crippen LogP contribution in [0.4, 0.5) is 11.1 Å². The number of nitrogen functional groups attached to an aromatic ring is 1. The molecule has 2 fully saturated rings. The molecule has 2 aromatic heterocycles. The predicted octanol–water partition coefficient (Wildman–Crippen LogP) is 1.92. The van der Waals surface area contributed by atoms with Crippen LogP contribution >= 0.6 is 11.3 Å². The summed E-state index contributed by atoms with van der Waals surface area (Å²) in [7, 11) is 0. The summed E-state index contributed by atoms with van der Waals surface area (Å²) >= 11 is 1.29. The molecule has 8 heteroatoms. The quantitative estimate of drug-likeness (QED) is 0.925. The van der Waals surface area contributed by atoms with Crippen molar-refractivity contribution in [1.82, 2.24) is 15.0 Å². The highest BCUT2D eigenvalue weighted by Gasteiger charge is 2.41. The van der Waals surface area contributed by atoms with Gasteiger partial charge in [0.25, 0.3) is 0 Å². The van der Waals surface area contributed by atoms with Gasteiger partial charge in [-0.3, -0.25) is 0 Å². The van der Waals surface area contributed by atoms with Crippen molar-refractivity contribution in [2.75, 3.05) is 36.9 Å². The zero-order valence-electron chi connectivity index (χ0n) is 12.1. The largest absolute Gasteiger partial charge is 0.442 e. The minimum atomic E-state index is 0.304. The molecule has 4 rings (SSSR count). The fourth-order valence-corrected chi connectivity index (χ4v) is 3.59. The lowest BCUT2D eigenvalue weighted by molar-refractivity contribution is 0.160. The van der Waals surface area contributed by atoms with Crippen LogP contribution in [0.2, 0.25) is 0 Å². The molecule has 2 aliphatic heterocycles. The van der Waals surface area contributed by atoms with Crippen LogP contribution in [0.15, 0.2) is 18.6 Å². The highest BCUT2D eigenvalue weighted by molar-refractivity contribution is 7.17. The molecule has 2 saturated heterocycles. The average Bonchev–Trinajstić information content (AvgIpc) is 3.24. The number of hydrogen-bond acceptors (Lipinski definition) is 8. The molecule has 0 aromatic carbocycles. The summed E-state index contributed by atoms with van der Waals surface area (Å²) in [4.78, 5) is 15.0. The molecule has 22 heavy (non-hydrogen) atoms. The Hall–Kier alpha value is -1.93. The molecule has 0 aliphatic carbocycles. The van der Waals surface area contributed by atoms with E-state index in [0.29, 0.717) is 21.4 Å². The minimum Gasteiger partial charge on any atom is -0.442 e. The first-order valence-corrected chi connectivity index (χ1v) is 8.08. The molecular formula is C14H17N5O2S. The first kappa shape index (κ1) is 13.7. The minimum absolute atomic E-state index is 0.304. The van der Waals surface area contributed by atoms with Crippen LogP contribution in [0.1, 0.15) is 12.8 Å². The fraction of sp³-hybridized carbons (Fsp3) is 0.500.